The predicted octanol–water partition coefficient (Wildman–Crippen LogP) is 4.81. The highest BCUT2D eigenvalue weighted by Crippen LogP contribution is 2.49. The Morgan fingerprint density at radius 2 is 2.00 bits per heavy atom. The van der Waals surface area contributed by atoms with Crippen molar-refractivity contribution in [3.8, 4) is 11.1 Å². The number of anilines is 1. The van der Waals surface area contributed by atoms with E-state index in [1.165, 1.54) is 30.4 Å². The zero-order valence-corrected chi connectivity index (χ0v) is 16.9. The summed E-state index contributed by atoms with van der Waals surface area (Å²) in [6, 6.07) is 8.62. The first kappa shape index (κ1) is 17.2. The van der Waals surface area contributed by atoms with E-state index in [4.69, 9.17) is 0 Å². The van der Waals surface area contributed by atoms with Gasteiger partial charge in [-0.1, -0.05) is 37.8 Å². The molecule has 3 aromatic rings. The van der Waals surface area contributed by atoms with Gasteiger partial charge in [0.1, 0.15) is 5.82 Å². The third-order valence-corrected chi connectivity index (χ3v) is 7.29. The smallest absolute Gasteiger partial charge is 0.235 e. The van der Waals surface area contributed by atoms with Gasteiger partial charge in [-0.05, 0) is 60.9 Å². The lowest BCUT2D eigenvalue weighted by molar-refractivity contribution is -0.120. The molecule has 0 atom stereocenters. The van der Waals surface area contributed by atoms with Crippen molar-refractivity contribution in [2.24, 2.45) is 5.92 Å². The van der Waals surface area contributed by atoms with Gasteiger partial charge in [-0.25, -0.2) is 0 Å². The van der Waals surface area contributed by atoms with Crippen LogP contribution in [0.15, 0.2) is 30.5 Å². The van der Waals surface area contributed by atoms with Gasteiger partial charge in [0.25, 0.3) is 0 Å². The van der Waals surface area contributed by atoms with Crippen molar-refractivity contribution in [3.05, 3.63) is 47.4 Å². The van der Waals surface area contributed by atoms with E-state index in [9.17, 15) is 4.79 Å². The third-order valence-electron chi connectivity index (χ3n) is 7.29. The summed E-state index contributed by atoms with van der Waals surface area (Å²) in [7, 11) is 0. The van der Waals surface area contributed by atoms with Gasteiger partial charge in [0.15, 0.2) is 5.65 Å². The lowest BCUT2D eigenvalue weighted by Crippen LogP contribution is -2.30. The number of carbonyl (C=O) groups excluding carboxylic acids is 1. The van der Waals surface area contributed by atoms with Crippen LogP contribution in [0.2, 0.25) is 0 Å². The fraction of sp³-hybridized carbons (Fsp3) is 0.458. The van der Waals surface area contributed by atoms with Crippen LogP contribution < -0.4 is 5.32 Å². The van der Waals surface area contributed by atoms with Crippen molar-refractivity contribution in [1.29, 1.82) is 0 Å². The number of hydrogen-bond donors (Lipinski definition) is 1. The van der Waals surface area contributed by atoms with Crippen molar-refractivity contribution in [1.82, 2.24) is 14.6 Å². The van der Waals surface area contributed by atoms with Gasteiger partial charge < -0.3 is 5.32 Å². The van der Waals surface area contributed by atoms with Crippen LogP contribution >= 0.6 is 0 Å². The van der Waals surface area contributed by atoms with E-state index in [1.807, 2.05) is 0 Å². The summed E-state index contributed by atoms with van der Waals surface area (Å²) in [6.07, 6.45) is 11.2. The minimum atomic E-state index is -0.292. The second kappa shape index (κ2) is 6.15. The molecule has 5 nitrogen and oxygen atoms in total. The molecule has 29 heavy (non-hydrogen) atoms. The van der Waals surface area contributed by atoms with Gasteiger partial charge >= 0.3 is 0 Å². The SMILES string of the molecule is Cc1ccn2c(CCC3CC3)nnc2c1-c1ccc2c(c1)NC(=O)C21CCCC1. The molecular formula is C24H26N4O. The van der Waals surface area contributed by atoms with E-state index in [0.717, 1.165) is 66.3 Å². The van der Waals surface area contributed by atoms with Crippen LogP contribution in [0.4, 0.5) is 5.69 Å². The lowest BCUT2D eigenvalue weighted by Gasteiger charge is -2.20. The number of rotatable bonds is 4. The number of benzene rings is 1. The Hall–Kier alpha value is -2.69. The Balaban J connectivity index is 1.43. The second-order valence-corrected chi connectivity index (χ2v) is 9.17. The molecule has 2 aromatic heterocycles. The number of aromatic nitrogens is 3. The normalized spacial score (nSPS) is 19.8. The predicted molar refractivity (Wildman–Crippen MR) is 113 cm³/mol. The number of nitrogens with zero attached hydrogens (tertiary/aromatic N) is 3. The van der Waals surface area contributed by atoms with Crippen LogP contribution in [0.3, 0.4) is 0 Å². The van der Waals surface area contributed by atoms with Crippen molar-refractivity contribution < 1.29 is 4.79 Å². The van der Waals surface area contributed by atoms with E-state index in [-0.39, 0.29) is 11.3 Å². The first-order valence-electron chi connectivity index (χ1n) is 11.0. The Kier molecular flexibility index (Phi) is 3.65. The molecule has 1 aliphatic heterocycles. The molecular weight excluding hydrogens is 360 g/mol. The van der Waals surface area contributed by atoms with Crippen molar-refractivity contribution in [2.45, 2.75) is 63.7 Å². The maximum Gasteiger partial charge on any atom is 0.235 e. The molecule has 6 rings (SSSR count). The topological polar surface area (TPSA) is 59.3 Å². The zero-order chi connectivity index (χ0) is 19.6. The maximum absolute atomic E-state index is 12.8. The van der Waals surface area contributed by atoms with Crippen molar-refractivity contribution in [3.63, 3.8) is 0 Å². The Morgan fingerprint density at radius 3 is 2.79 bits per heavy atom. The van der Waals surface area contributed by atoms with Crippen LogP contribution in [0.5, 0.6) is 0 Å². The van der Waals surface area contributed by atoms with E-state index in [2.05, 4.69) is 57.3 Å². The number of pyridine rings is 1. The summed E-state index contributed by atoms with van der Waals surface area (Å²) in [6.45, 7) is 2.12. The third kappa shape index (κ3) is 2.56. The molecule has 2 aliphatic carbocycles. The summed E-state index contributed by atoms with van der Waals surface area (Å²) in [4.78, 5) is 12.8. The van der Waals surface area contributed by atoms with Crippen LogP contribution in [0, 0.1) is 12.8 Å². The van der Waals surface area contributed by atoms with E-state index < -0.39 is 0 Å². The quantitative estimate of drug-likeness (QED) is 0.700. The number of hydrogen-bond acceptors (Lipinski definition) is 3. The van der Waals surface area contributed by atoms with Crippen LogP contribution in [0.1, 0.15) is 61.9 Å². The van der Waals surface area contributed by atoms with Gasteiger partial charge in [0.2, 0.25) is 5.91 Å². The van der Waals surface area contributed by atoms with Crippen LogP contribution in [0.25, 0.3) is 16.8 Å². The first-order valence-corrected chi connectivity index (χ1v) is 11.0. The molecule has 5 heteroatoms. The number of amides is 1. The second-order valence-electron chi connectivity index (χ2n) is 9.17. The van der Waals surface area contributed by atoms with Crippen molar-refractivity contribution in [2.75, 3.05) is 5.32 Å². The average molecular weight is 386 g/mol. The molecule has 1 spiro atoms. The van der Waals surface area contributed by atoms with Crippen LogP contribution in [-0.2, 0) is 16.6 Å². The molecule has 0 bridgehead atoms. The highest BCUT2D eigenvalue weighted by atomic mass is 16.2. The van der Waals surface area contributed by atoms with Gasteiger partial charge in [-0.2, -0.15) is 0 Å². The summed E-state index contributed by atoms with van der Waals surface area (Å²) in [5.41, 5.74) is 6.17. The number of nitrogens with one attached hydrogen (secondary N) is 1. The van der Waals surface area contributed by atoms with E-state index in [1.54, 1.807) is 0 Å². The molecule has 0 unspecified atom stereocenters. The van der Waals surface area contributed by atoms with Gasteiger partial charge in [0.05, 0.1) is 5.41 Å². The lowest BCUT2D eigenvalue weighted by atomic mass is 9.79. The van der Waals surface area contributed by atoms with E-state index in [0.29, 0.717) is 0 Å². The summed E-state index contributed by atoms with van der Waals surface area (Å²) in [5.74, 6) is 2.12. The highest BCUT2D eigenvalue weighted by molar-refractivity contribution is 6.07. The summed E-state index contributed by atoms with van der Waals surface area (Å²) in [5, 5.41) is 12.2. The molecule has 1 N–H and O–H groups in total. The minimum absolute atomic E-state index is 0.182. The van der Waals surface area contributed by atoms with Crippen molar-refractivity contribution >= 4 is 17.2 Å². The molecule has 0 radical (unpaired) electrons. The monoisotopic (exact) mass is 386 g/mol. The zero-order valence-electron chi connectivity index (χ0n) is 16.9. The molecule has 2 fully saturated rings. The fourth-order valence-corrected chi connectivity index (χ4v) is 5.42. The molecule has 3 aliphatic rings. The molecule has 2 saturated carbocycles. The molecule has 1 aromatic carbocycles. The number of carbonyl (C=O) groups is 1. The Bertz CT molecular complexity index is 1140. The largest absolute Gasteiger partial charge is 0.325 e. The van der Waals surface area contributed by atoms with Gasteiger partial charge in [-0.3, -0.25) is 9.20 Å². The van der Waals surface area contributed by atoms with E-state index >= 15 is 0 Å². The molecule has 1 amide bonds. The standard InChI is InChI=1S/C24H26N4O/c1-15-10-13-28-20(9-6-16-4-5-16)26-27-22(28)21(15)17-7-8-18-19(14-17)25-23(29)24(18)11-2-3-12-24/h7-8,10,13-14,16H,2-6,9,11-12H2,1H3,(H,25,29). The molecule has 0 saturated heterocycles. The molecule has 148 valence electrons. The Labute approximate surface area is 170 Å². The maximum atomic E-state index is 12.8. The summed E-state index contributed by atoms with van der Waals surface area (Å²) >= 11 is 0. The van der Waals surface area contributed by atoms with Gasteiger partial charge in [-0.15, -0.1) is 10.2 Å². The minimum Gasteiger partial charge on any atom is -0.325 e. The summed E-state index contributed by atoms with van der Waals surface area (Å²) < 4.78 is 2.15. The van der Waals surface area contributed by atoms with Crippen LogP contribution in [-0.4, -0.2) is 20.5 Å². The highest BCUT2D eigenvalue weighted by Gasteiger charge is 2.48. The van der Waals surface area contributed by atoms with Gasteiger partial charge in [0, 0.05) is 23.9 Å². The average Bonchev–Trinajstić information content (AvgIpc) is 3.16. The number of aryl methyl sites for hydroxylation is 2. The number of fused-ring (bicyclic) bond motifs is 3. The first-order chi connectivity index (χ1) is 14.2. The fourth-order valence-electron chi connectivity index (χ4n) is 5.42. The molecule has 3 heterocycles. The Morgan fingerprint density at radius 1 is 1.17 bits per heavy atom.